The highest BCUT2D eigenvalue weighted by atomic mass is 32.2. The van der Waals surface area contributed by atoms with Crippen molar-refractivity contribution >= 4 is 10.1 Å². The highest BCUT2D eigenvalue weighted by Crippen LogP contribution is 2.69. The Labute approximate surface area is 302 Å². The quantitative estimate of drug-likeness (QED) is 0.0836. The maximum absolute atomic E-state index is 11.2. The monoisotopic (exact) mass is 712 g/mol. The lowest BCUT2D eigenvalue weighted by molar-refractivity contribution is -0.227. The van der Waals surface area contributed by atoms with E-state index in [1.165, 1.54) is 83.5 Å². The van der Waals surface area contributed by atoms with Crippen molar-refractivity contribution in [1.82, 2.24) is 5.32 Å². The number of rotatable bonds is 23. The highest BCUT2D eigenvalue weighted by Gasteiger charge is 2.66. The first-order chi connectivity index (χ1) is 23.5. The van der Waals surface area contributed by atoms with Gasteiger partial charge in [-0.05, 0) is 144 Å². The third kappa shape index (κ3) is 10.7. The third-order valence-corrected chi connectivity index (χ3v) is 14.6. The molecular weight excluding hydrogens is 635 g/mol. The van der Waals surface area contributed by atoms with Crippen LogP contribution in [0.3, 0.4) is 0 Å². The summed E-state index contributed by atoms with van der Waals surface area (Å²) in [6.45, 7) is 19.6. The van der Waals surface area contributed by atoms with Gasteiger partial charge in [0.1, 0.15) is 0 Å². The van der Waals surface area contributed by atoms with Gasteiger partial charge >= 0.3 is 0 Å². The zero-order valence-corrected chi connectivity index (χ0v) is 33.6. The minimum atomic E-state index is -3.34. The summed E-state index contributed by atoms with van der Waals surface area (Å²) >= 11 is 0. The first-order valence-corrected chi connectivity index (χ1v) is 22.7. The normalized spacial score (nSPS) is 36.6. The molecule has 11 atom stereocenters. The number of hydrogen-bond donors (Lipinski definition) is 1. The molecule has 0 aliphatic heterocycles. The molecule has 0 amide bonds. The van der Waals surface area contributed by atoms with Crippen molar-refractivity contribution in [1.29, 1.82) is 0 Å². The second kappa shape index (κ2) is 19.7. The molecule has 0 saturated heterocycles. The molecule has 0 aromatic rings. The van der Waals surface area contributed by atoms with Crippen molar-refractivity contribution < 1.29 is 26.8 Å². The zero-order chi connectivity index (χ0) is 35.5. The lowest BCUT2D eigenvalue weighted by Crippen LogP contribution is -2.63. The van der Waals surface area contributed by atoms with Gasteiger partial charge in [0.05, 0.1) is 31.2 Å². The van der Waals surface area contributed by atoms with Crippen molar-refractivity contribution in [3.63, 3.8) is 0 Å². The lowest BCUT2D eigenvalue weighted by Gasteiger charge is -2.65. The molecule has 288 valence electrons. The Morgan fingerprint density at radius 1 is 0.755 bits per heavy atom. The molecule has 0 aromatic heterocycles. The maximum atomic E-state index is 11.2. The summed E-state index contributed by atoms with van der Waals surface area (Å²) in [5.74, 6) is 3.99. The van der Waals surface area contributed by atoms with Crippen LogP contribution in [-0.2, 0) is 28.5 Å². The fourth-order valence-electron chi connectivity index (χ4n) is 11.2. The number of ether oxygens (including phenoxy) is 3. The average molecular weight is 712 g/mol. The third-order valence-electron chi connectivity index (χ3n) is 14.0. The van der Waals surface area contributed by atoms with Crippen LogP contribution in [-0.4, -0.2) is 72.5 Å². The molecule has 0 radical (unpaired) electrons. The Hall–Kier alpha value is -0.250. The Bertz CT molecular complexity index is 1060. The van der Waals surface area contributed by atoms with E-state index in [-0.39, 0.29) is 12.0 Å². The Balaban J connectivity index is 1.46. The summed E-state index contributed by atoms with van der Waals surface area (Å²) in [5.41, 5.74) is 0.539. The topological polar surface area (TPSA) is 83.1 Å². The molecule has 0 heterocycles. The van der Waals surface area contributed by atoms with Crippen LogP contribution in [0.4, 0.5) is 0 Å². The van der Waals surface area contributed by atoms with Crippen LogP contribution < -0.4 is 5.32 Å². The van der Waals surface area contributed by atoms with Crippen LogP contribution in [0.25, 0.3) is 0 Å². The van der Waals surface area contributed by atoms with Crippen LogP contribution in [0, 0.1) is 46.3 Å². The summed E-state index contributed by atoms with van der Waals surface area (Å²) in [4.78, 5) is 0. The number of nitrogens with one attached hydrogen (secondary N) is 1. The van der Waals surface area contributed by atoms with E-state index in [4.69, 9.17) is 18.4 Å². The summed E-state index contributed by atoms with van der Waals surface area (Å²) < 4.78 is 47.8. The SMILES string of the molecule is CCCCOC1CCC2(C)C(C1)CC(OCCCC)C1C2CC(OCCCC)C2(C)C(C(C)CCCNCCCCOS(C)(=O)=O)CCC12. The molecule has 4 aliphatic rings. The van der Waals surface area contributed by atoms with Crippen LogP contribution in [0.1, 0.15) is 151 Å². The molecule has 8 heteroatoms. The highest BCUT2D eigenvalue weighted by molar-refractivity contribution is 7.85. The largest absolute Gasteiger partial charge is 0.378 e. The minimum Gasteiger partial charge on any atom is -0.378 e. The molecule has 0 bridgehead atoms. The lowest BCUT2D eigenvalue weighted by atomic mass is 9.43. The van der Waals surface area contributed by atoms with Gasteiger partial charge in [0.15, 0.2) is 0 Å². The van der Waals surface area contributed by atoms with Crippen LogP contribution in [0.15, 0.2) is 0 Å². The van der Waals surface area contributed by atoms with E-state index in [0.717, 1.165) is 64.8 Å². The zero-order valence-electron chi connectivity index (χ0n) is 32.8. The van der Waals surface area contributed by atoms with Crippen molar-refractivity contribution in [2.45, 2.75) is 169 Å². The van der Waals surface area contributed by atoms with Gasteiger partial charge in [0, 0.05) is 25.2 Å². The smallest absolute Gasteiger partial charge is 0.264 e. The first-order valence-electron chi connectivity index (χ1n) is 20.9. The van der Waals surface area contributed by atoms with Gasteiger partial charge in [-0.3, -0.25) is 4.18 Å². The van der Waals surface area contributed by atoms with Crippen molar-refractivity contribution in [2.24, 2.45) is 46.3 Å². The van der Waals surface area contributed by atoms with E-state index in [9.17, 15) is 8.42 Å². The van der Waals surface area contributed by atoms with E-state index in [0.29, 0.717) is 59.2 Å². The average Bonchev–Trinajstić information content (AvgIpc) is 3.42. The number of hydrogen-bond acceptors (Lipinski definition) is 7. The Morgan fingerprint density at radius 2 is 1.43 bits per heavy atom. The van der Waals surface area contributed by atoms with Gasteiger partial charge in [-0.15, -0.1) is 0 Å². The van der Waals surface area contributed by atoms with E-state index < -0.39 is 10.1 Å². The predicted molar refractivity (Wildman–Crippen MR) is 201 cm³/mol. The van der Waals surface area contributed by atoms with Crippen molar-refractivity contribution in [2.75, 3.05) is 45.8 Å². The summed E-state index contributed by atoms with van der Waals surface area (Å²) in [7, 11) is -3.34. The summed E-state index contributed by atoms with van der Waals surface area (Å²) in [6.07, 6.45) is 22.2. The summed E-state index contributed by atoms with van der Waals surface area (Å²) in [6, 6.07) is 0. The minimum absolute atomic E-state index is 0.192. The molecule has 4 rings (SSSR count). The van der Waals surface area contributed by atoms with E-state index in [2.05, 4.69) is 46.9 Å². The molecule has 1 N–H and O–H groups in total. The van der Waals surface area contributed by atoms with E-state index >= 15 is 0 Å². The predicted octanol–water partition coefficient (Wildman–Crippen LogP) is 9.18. The molecule has 4 fully saturated rings. The van der Waals surface area contributed by atoms with Gasteiger partial charge in [-0.25, -0.2) is 0 Å². The molecule has 0 aromatic carbocycles. The van der Waals surface area contributed by atoms with E-state index in [1.54, 1.807) is 0 Å². The van der Waals surface area contributed by atoms with Crippen LogP contribution in [0.5, 0.6) is 0 Å². The number of unbranched alkanes of at least 4 members (excludes halogenated alkanes) is 4. The molecule has 11 unspecified atom stereocenters. The van der Waals surface area contributed by atoms with Gasteiger partial charge in [0.2, 0.25) is 0 Å². The maximum Gasteiger partial charge on any atom is 0.264 e. The fraction of sp³-hybridized carbons (Fsp3) is 1.00. The van der Waals surface area contributed by atoms with Gasteiger partial charge in [0.25, 0.3) is 10.1 Å². The molecule has 4 aliphatic carbocycles. The summed E-state index contributed by atoms with van der Waals surface area (Å²) in [5, 5.41) is 3.60. The van der Waals surface area contributed by atoms with Crippen LogP contribution >= 0.6 is 0 Å². The van der Waals surface area contributed by atoms with Crippen molar-refractivity contribution in [3.05, 3.63) is 0 Å². The van der Waals surface area contributed by atoms with Crippen LogP contribution in [0.2, 0.25) is 0 Å². The standard InChI is InChI=1S/C41H77NO6S/c1-8-11-24-45-33-20-21-40(5)32(28-33)29-37(46-25-12-9-2)39-35-19-18-34(41(35,6)38(30-36(39)40)47-26-13-10-3)31(4)17-16-23-42-22-14-15-27-48-49(7,43)44/h31-39,42H,8-30H2,1-7H3. The molecule has 49 heavy (non-hydrogen) atoms. The molecular formula is C41H77NO6S. The number of fused-ring (bicyclic) bond motifs is 5. The molecule has 4 saturated carbocycles. The second-order valence-corrected chi connectivity index (χ2v) is 18.9. The molecule has 7 nitrogen and oxygen atoms in total. The van der Waals surface area contributed by atoms with Crippen molar-refractivity contribution in [3.8, 4) is 0 Å². The van der Waals surface area contributed by atoms with Gasteiger partial charge < -0.3 is 19.5 Å². The Kier molecular flexibility index (Phi) is 16.7. The first kappa shape index (κ1) is 41.5. The second-order valence-electron chi connectivity index (χ2n) is 17.2. The molecule has 0 spiro atoms. The van der Waals surface area contributed by atoms with Gasteiger partial charge in [-0.2, -0.15) is 8.42 Å². The fourth-order valence-corrected chi connectivity index (χ4v) is 11.6. The Morgan fingerprint density at radius 3 is 2.12 bits per heavy atom. The van der Waals surface area contributed by atoms with E-state index in [1.807, 2.05) is 0 Å². The van der Waals surface area contributed by atoms with Gasteiger partial charge in [-0.1, -0.05) is 60.8 Å².